The van der Waals surface area contributed by atoms with E-state index in [0.717, 1.165) is 23.5 Å². The number of hydrogen-bond donors (Lipinski definition) is 0. The topological polar surface area (TPSA) is 27.1 Å². The van der Waals surface area contributed by atoms with Crippen LogP contribution in [0, 0.1) is 0 Å². The van der Waals surface area contributed by atoms with E-state index < -0.39 is 0 Å². The van der Waals surface area contributed by atoms with Gasteiger partial charge in [-0.25, -0.2) is 4.98 Å². The molecule has 25 heavy (non-hydrogen) atoms. The first-order valence-corrected chi connectivity index (χ1v) is 8.83. The third kappa shape index (κ3) is 2.98. The number of imidazole rings is 1. The predicted octanol–water partition coefficient (Wildman–Crippen LogP) is 5.74. The molecule has 4 aromatic rings. The highest BCUT2D eigenvalue weighted by Gasteiger charge is 2.15. The van der Waals surface area contributed by atoms with Gasteiger partial charge in [0, 0.05) is 6.04 Å². The molecule has 0 saturated heterocycles. The molecule has 0 radical (unpaired) electrons. The van der Waals surface area contributed by atoms with Crippen LogP contribution in [-0.4, -0.2) is 9.55 Å². The molecule has 0 saturated carbocycles. The average Bonchev–Trinajstić information content (AvgIpc) is 3.04. The Bertz CT molecular complexity index is 1020. The van der Waals surface area contributed by atoms with Crippen molar-refractivity contribution in [2.45, 2.75) is 32.9 Å². The highest BCUT2D eigenvalue weighted by molar-refractivity contribution is 5.83. The van der Waals surface area contributed by atoms with Gasteiger partial charge >= 0.3 is 0 Å². The molecule has 0 fully saturated rings. The number of fused-ring (bicyclic) bond motifs is 2. The highest BCUT2D eigenvalue weighted by Crippen LogP contribution is 2.25. The number of aromatic nitrogens is 2. The average molecular weight is 330 g/mol. The van der Waals surface area contributed by atoms with E-state index in [1.54, 1.807) is 0 Å². The molecule has 126 valence electrons. The zero-order chi connectivity index (χ0) is 17.2. The summed E-state index contributed by atoms with van der Waals surface area (Å²) in [7, 11) is 0. The van der Waals surface area contributed by atoms with Gasteiger partial charge in [-0.05, 0) is 48.4 Å². The van der Waals surface area contributed by atoms with E-state index in [9.17, 15) is 0 Å². The number of nitrogens with zero attached hydrogens (tertiary/aromatic N) is 2. The molecule has 0 aliphatic carbocycles. The van der Waals surface area contributed by atoms with Gasteiger partial charge in [-0.1, -0.05) is 49.4 Å². The molecular formula is C22H22N2O. The monoisotopic (exact) mass is 330 g/mol. The Morgan fingerprint density at radius 2 is 1.72 bits per heavy atom. The van der Waals surface area contributed by atoms with Gasteiger partial charge in [-0.3, -0.25) is 0 Å². The second-order valence-corrected chi connectivity index (χ2v) is 6.44. The van der Waals surface area contributed by atoms with Gasteiger partial charge < -0.3 is 9.30 Å². The first-order chi connectivity index (χ1) is 12.3. The molecule has 0 N–H and O–H groups in total. The van der Waals surface area contributed by atoms with Crippen molar-refractivity contribution in [2.75, 3.05) is 0 Å². The maximum Gasteiger partial charge on any atom is 0.148 e. The van der Waals surface area contributed by atoms with Crippen LogP contribution in [0.3, 0.4) is 0 Å². The minimum Gasteiger partial charge on any atom is -0.486 e. The van der Waals surface area contributed by atoms with Crippen LogP contribution in [0.4, 0.5) is 0 Å². The van der Waals surface area contributed by atoms with Crippen molar-refractivity contribution in [2.24, 2.45) is 0 Å². The zero-order valence-corrected chi connectivity index (χ0v) is 14.6. The van der Waals surface area contributed by atoms with Gasteiger partial charge in [-0.15, -0.1) is 0 Å². The van der Waals surface area contributed by atoms with Crippen LogP contribution in [0.5, 0.6) is 5.75 Å². The Kier molecular flexibility index (Phi) is 4.14. The van der Waals surface area contributed by atoms with Crippen LogP contribution in [0.1, 0.15) is 32.1 Å². The van der Waals surface area contributed by atoms with Crippen molar-refractivity contribution in [1.82, 2.24) is 9.55 Å². The maximum atomic E-state index is 6.08. The summed E-state index contributed by atoms with van der Waals surface area (Å²) in [4.78, 5) is 4.80. The normalized spacial score (nSPS) is 12.6. The molecule has 3 aromatic carbocycles. The molecule has 1 aromatic heterocycles. The van der Waals surface area contributed by atoms with Gasteiger partial charge in [0.2, 0.25) is 0 Å². The SMILES string of the molecule is CC[C@@H](C)n1c(COc2ccc3ccccc3c2)nc2ccccc21. The Hall–Kier alpha value is -2.81. The van der Waals surface area contributed by atoms with E-state index in [1.807, 2.05) is 12.1 Å². The van der Waals surface area contributed by atoms with Crippen LogP contribution in [-0.2, 0) is 6.61 Å². The minimum atomic E-state index is 0.391. The first kappa shape index (κ1) is 15.7. The van der Waals surface area contributed by atoms with E-state index >= 15 is 0 Å². The van der Waals surface area contributed by atoms with E-state index in [0.29, 0.717) is 12.6 Å². The lowest BCUT2D eigenvalue weighted by molar-refractivity contribution is 0.286. The molecule has 0 spiro atoms. The number of hydrogen-bond acceptors (Lipinski definition) is 2. The number of para-hydroxylation sites is 2. The third-order valence-corrected chi connectivity index (χ3v) is 4.79. The molecule has 1 atom stereocenters. The molecule has 0 aliphatic heterocycles. The van der Waals surface area contributed by atoms with Crippen LogP contribution in [0.15, 0.2) is 66.7 Å². The van der Waals surface area contributed by atoms with E-state index in [1.165, 1.54) is 16.3 Å². The van der Waals surface area contributed by atoms with Crippen LogP contribution >= 0.6 is 0 Å². The maximum absolute atomic E-state index is 6.08. The summed E-state index contributed by atoms with van der Waals surface area (Å²) in [5.74, 6) is 1.85. The van der Waals surface area contributed by atoms with Crippen LogP contribution in [0.25, 0.3) is 21.8 Å². The standard InChI is InChI=1S/C22H22N2O/c1-3-16(2)24-21-11-7-6-10-20(21)23-22(24)15-25-19-13-12-17-8-4-5-9-18(17)14-19/h4-14,16H,3,15H2,1-2H3/t16-/m1/s1. The summed E-state index contributed by atoms with van der Waals surface area (Å²) in [5, 5.41) is 2.41. The van der Waals surface area contributed by atoms with Crippen molar-refractivity contribution in [3.8, 4) is 5.75 Å². The molecular weight excluding hydrogens is 308 g/mol. The molecule has 3 nitrogen and oxygen atoms in total. The van der Waals surface area contributed by atoms with Gasteiger partial charge in [0.1, 0.15) is 18.2 Å². The molecule has 0 aliphatic rings. The molecule has 1 heterocycles. The van der Waals surface area contributed by atoms with Gasteiger partial charge in [-0.2, -0.15) is 0 Å². The van der Waals surface area contributed by atoms with Gasteiger partial charge in [0.25, 0.3) is 0 Å². The Labute approximate surface area is 147 Å². The van der Waals surface area contributed by atoms with Crippen molar-refractivity contribution < 1.29 is 4.74 Å². The van der Waals surface area contributed by atoms with Gasteiger partial charge in [0.15, 0.2) is 0 Å². The van der Waals surface area contributed by atoms with Crippen molar-refractivity contribution >= 4 is 21.8 Å². The molecule has 3 heteroatoms. The summed E-state index contributed by atoms with van der Waals surface area (Å²) in [5.41, 5.74) is 2.20. The molecule has 4 rings (SSSR count). The fraction of sp³-hybridized carbons (Fsp3) is 0.227. The zero-order valence-electron chi connectivity index (χ0n) is 14.6. The smallest absolute Gasteiger partial charge is 0.148 e. The van der Waals surface area contributed by atoms with Crippen molar-refractivity contribution in [3.05, 3.63) is 72.6 Å². The molecule has 0 unspecified atom stereocenters. The highest BCUT2D eigenvalue weighted by atomic mass is 16.5. The van der Waals surface area contributed by atoms with E-state index in [2.05, 4.69) is 73.0 Å². The first-order valence-electron chi connectivity index (χ1n) is 8.83. The Balaban J connectivity index is 1.65. The lowest BCUT2D eigenvalue weighted by Crippen LogP contribution is -2.11. The van der Waals surface area contributed by atoms with Crippen LogP contribution in [0.2, 0.25) is 0 Å². The lowest BCUT2D eigenvalue weighted by Gasteiger charge is -2.16. The largest absolute Gasteiger partial charge is 0.486 e. The quantitative estimate of drug-likeness (QED) is 0.466. The van der Waals surface area contributed by atoms with Crippen molar-refractivity contribution in [1.29, 1.82) is 0 Å². The second-order valence-electron chi connectivity index (χ2n) is 6.44. The summed E-state index contributed by atoms with van der Waals surface area (Å²) in [6.45, 7) is 4.90. The third-order valence-electron chi connectivity index (χ3n) is 4.79. The summed E-state index contributed by atoms with van der Waals surface area (Å²) >= 11 is 0. The summed E-state index contributed by atoms with van der Waals surface area (Å²) < 4.78 is 8.38. The summed E-state index contributed by atoms with van der Waals surface area (Å²) in [6.07, 6.45) is 1.06. The predicted molar refractivity (Wildman–Crippen MR) is 103 cm³/mol. The molecule has 0 bridgehead atoms. The second kappa shape index (κ2) is 6.60. The van der Waals surface area contributed by atoms with Gasteiger partial charge in [0.05, 0.1) is 11.0 Å². The van der Waals surface area contributed by atoms with Crippen molar-refractivity contribution in [3.63, 3.8) is 0 Å². The number of ether oxygens (including phenoxy) is 1. The number of benzene rings is 3. The van der Waals surface area contributed by atoms with E-state index in [4.69, 9.17) is 9.72 Å². The fourth-order valence-electron chi connectivity index (χ4n) is 3.28. The van der Waals surface area contributed by atoms with E-state index in [-0.39, 0.29) is 0 Å². The fourth-order valence-corrected chi connectivity index (χ4v) is 3.28. The minimum absolute atomic E-state index is 0.391. The molecule has 0 amide bonds. The van der Waals surface area contributed by atoms with Crippen LogP contribution < -0.4 is 4.74 Å². The Morgan fingerprint density at radius 1 is 0.960 bits per heavy atom. The summed E-state index contributed by atoms with van der Waals surface area (Å²) in [6, 6.07) is 23.2. The lowest BCUT2D eigenvalue weighted by atomic mass is 10.1. The Morgan fingerprint density at radius 3 is 2.56 bits per heavy atom. The number of rotatable bonds is 5.